The highest BCUT2D eigenvalue weighted by atomic mass is 16.5. The molecular formula is C19H21N5O4. The standard InChI is InChI=1S/C19H21N5O4/c1-4-28-19(27)13-5-7-14(8-6-13)22-15(25)9-10-24-11-20-16-17(24)21-12(2)23(3)18(16)26/h5-8,11H,4,9-10H2,1-3H3,(H,22,25). The molecule has 9 nitrogen and oxygen atoms in total. The van der Waals surface area contributed by atoms with E-state index < -0.39 is 5.97 Å². The van der Waals surface area contributed by atoms with E-state index in [1.165, 1.54) is 10.9 Å². The molecule has 1 aromatic carbocycles. The molecule has 0 aliphatic rings. The van der Waals surface area contributed by atoms with Crippen LogP contribution < -0.4 is 10.9 Å². The number of aromatic nitrogens is 4. The summed E-state index contributed by atoms with van der Waals surface area (Å²) in [5, 5.41) is 2.77. The van der Waals surface area contributed by atoms with Crippen molar-refractivity contribution in [2.75, 3.05) is 11.9 Å². The monoisotopic (exact) mass is 383 g/mol. The number of amides is 1. The fourth-order valence-electron chi connectivity index (χ4n) is 2.69. The lowest BCUT2D eigenvalue weighted by Crippen LogP contribution is -2.21. The molecule has 2 aromatic heterocycles. The maximum atomic E-state index is 12.2. The number of nitrogens with one attached hydrogen (secondary N) is 1. The van der Waals surface area contributed by atoms with Crippen LogP contribution in [0, 0.1) is 6.92 Å². The molecule has 146 valence electrons. The molecule has 1 amide bonds. The Labute approximate surface area is 161 Å². The summed E-state index contributed by atoms with van der Waals surface area (Å²) >= 11 is 0. The van der Waals surface area contributed by atoms with Crippen molar-refractivity contribution in [1.29, 1.82) is 0 Å². The van der Waals surface area contributed by atoms with Gasteiger partial charge in [0.05, 0.1) is 18.5 Å². The van der Waals surface area contributed by atoms with Crippen molar-refractivity contribution in [3.8, 4) is 0 Å². The maximum absolute atomic E-state index is 12.2. The molecule has 9 heteroatoms. The number of fused-ring (bicyclic) bond motifs is 1. The molecule has 0 bridgehead atoms. The van der Waals surface area contributed by atoms with Gasteiger partial charge in [0.1, 0.15) is 5.82 Å². The van der Waals surface area contributed by atoms with Gasteiger partial charge in [-0.1, -0.05) is 0 Å². The fourth-order valence-corrected chi connectivity index (χ4v) is 2.69. The Balaban J connectivity index is 1.64. The number of anilines is 1. The maximum Gasteiger partial charge on any atom is 0.338 e. The van der Waals surface area contributed by atoms with Gasteiger partial charge in [-0.2, -0.15) is 0 Å². The van der Waals surface area contributed by atoms with Crippen LogP contribution >= 0.6 is 0 Å². The number of nitrogens with zero attached hydrogens (tertiary/aromatic N) is 4. The number of rotatable bonds is 6. The molecule has 0 aliphatic carbocycles. The Morgan fingerprint density at radius 3 is 2.61 bits per heavy atom. The zero-order valence-corrected chi connectivity index (χ0v) is 15.9. The molecule has 3 rings (SSSR count). The highest BCUT2D eigenvalue weighted by molar-refractivity contribution is 5.93. The number of benzene rings is 1. The van der Waals surface area contributed by atoms with E-state index in [1.54, 1.807) is 49.7 Å². The number of carbonyl (C=O) groups excluding carboxylic acids is 2. The van der Waals surface area contributed by atoms with Gasteiger partial charge in [-0.05, 0) is 38.1 Å². The fraction of sp³-hybridized carbons (Fsp3) is 0.316. The van der Waals surface area contributed by atoms with Gasteiger partial charge in [0.15, 0.2) is 11.2 Å². The molecule has 0 fully saturated rings. The van der Waals surface area contributed by atoms with Crippen molar-refractivity contribution in [1.82, 2.24) is 19.1 Å². The van der Waals surface area contributed by atoms with Gasteiger partial charge in [-0.15, -0.1) is 0 Å². The summed E-state index contributed by atoms with van der Waals surface area (Å²) in [6.45, 7) is 4.12. The van der Waals surface area contributed by atoms with E-state index in [2.05, 4.69) is 15.3 Å². The molecule has 0 saturated heterocycles. The van der Waals surface area contributed by atoms with E-state index in [0.29, 0.717) is 35.9 Å². The third-order valence-corrected chi connectivity index (χ3v) is 4.33. The van der Waals surface area contributed by atoms with Crippen LogP contribution in [-0.2, 0) is 23.1 Å². The topological polar surface area (TPSA) is 108 Å². The summed E-state index contributed by atoms with van der Waals surface area (Å²) in [6, 6.07) is 6.48. The van der Waals surface area contributed by atoms with Crippen LogP contribution in [0.15, 0.2) is 35.4 Å². The SMILES string of the molecule is CCOC(=O)c1ccc(NC(=O)CCn2cnc3c(=O)n(C)c(C)nc32)cc1. The minimum Gasteiger partial charge on any atom is -0.462 e. The largest absolute Gasteiger partial charge is 0.462 e. The van der Waals surface area contributed by atoms with E-state index in [1.807, 2.05) is 0 Å². The van der Waals surface area contributed by atoms with Crippen molar-refractivity contribution in [3.05, 3.63) is 52.3 Å². The van der Waals surface area contributed by atoms with Crippen LogP contribution in [0.25, 0.3) is 11.2 Å². The van der Waals surface area contributed by atoms with Gasteiger partial charge in [-0.25, -0.2) is 14.8 Å². The molecule has 2 heterocycles. The Bertz CT molecular complexity index is 1080. The highest BCUT2D eigenvalue weighted by Gasteiger charge is 2.13. The van der Waals surface area contributed by atoms with E-state index in [0.717, 1.165) is 0 Å². The zero-order chi connectivity index (χ0) is 20.3. The van der Waals surface area contributed by atoms with Crippen LogP contribution in [0.4, 0.5) is 5.69 Å². The number of imidazole rings is 1. The first kappa shape index (κ1) is 19.3. The minimum atomic E-state index is -0.402. The minimum absolute atomic E-state index is 0.182. The van der Waals surface area contributed by atoms with Crippen molar-refractivity contribution < 1.29 is 14.3 Å². The number of esters is 1. The second kappa shape index (κ2) is 8.03. The molecule has 3 aromatic rings. The average molecular weight is 383 g/mol. The number of hydrogen-bond acceptors (Lipinski definition) is 6. The predicted octanol–water partition coefficient (Wildman–Crippen LogP) is 1.64. The molecule has 28 heavy (non-hydrogen) atoms. The van der Waals surface area contributed by atoms with E-state index in [4.69, 9.17) is 4.74 Å². The molecule has 0 unspecified atom stereocenters. The van der Waals surface area contributed by atoms with Gasteiger partial charge >= 0.3 is 5.97 Å². The highest BCUT2D eigenvalue weighted by Crippen LogP contribution is 2.12. The normalized spacial score (nSPS) is 10.8. The van der Waals surface area contributed by atoms with Gasteiger partial charge in [-0.3, -0.25) is 14.2 Å². The van der Waals surface area contributed by atoms with Crippen molar-refractivity contribution in [2.45, 2.75) is 26.8 Å². The van der Waals surface area contributed by atoms with E-state index in [9.17, 15) is 14.4 Å². The first-order valence-corrected chi connectivity index (χ1v) is 8.86. The van der Waals surface area contributed by atoms with Crippen molar-refractivity contribution >= 4 is 28.7 Å². The molecule has 1 N–H and O–H groups in total. The number of carbonyl (C=O) groups is 2. The molecule has 0 aliphatic heterocycles. The molecule has 0 spiro atoms. The Morgan fingerprint density at radius 1 is 1.21 bits per heavy atom. The summed E-state index contributed by atoms with van der Waals surface area (Å²) in [6.07, 6.45) is 1.70. The summed E-state index contributed by atoms with van der Waals surface area (Å²) in [5.41, 5.74) is 1.53. The zero-order valence-electron chi connectivity index (χ0n) is 15.9. The molecular weight excluding hydrogens is 362 g/mol. The first-order chi connectivity index (χ1) is 13.4. The predicted molar refractivity (Wildman–Crippen MR) is 103 cm³/mol. The number of hydrogen-bond donors (Lipinski definition) is 1. The Morgan fingerprint density at radius 2 is 1.93 bits per heavy atom. The van der Waals surface area contributed by atoms with Crippen LogP contribution in [0.1, 0.15) is 29.5 Å². The van der Waals surface area contributed by atoms with Gasteiger partial charge in [0.2, 0.25) is 5.91 Å². The lowest BCUT2D eigenvalue weighted by Gasteiger charge is -2.08. The third-order valence-electron chi connectivity index (χ3n) is 4.33. The van der Waals surface area contributed by atoms with Gasteiger partial charge in [0.25, 0.3) is 5.56 Å². The van der Waals surface area contributed by atoms with Crippen LogP contribution in [0.5, 0.6) is 0 Å². The summed E-state index contributed by atoms with van der Waals surface area (Å²) in [5.74, 6) is -0.0296. The van der Waals surface area contributed by atoms with Crippen LogP contribution in [0.2, 0.25) is 0 Å². The van der Waals surface area contributed by atoms with Crippen LogP contribution in [0.3, 0.4) is 0 Å². The first-order valence-electron chi connectivity index (χ1n) is 8.86. The summed E-state index contributed by atoms with van der Waals surface area (Å²) in [4.78, 5) is 44.6. The van der Waals surface area contributed by atoms with Gasteiger partial charge < -0.3 is 14.6 Å². The Hall–Kier alpha value is -3.49. The second-order valence-electron chi connectivity index (χ2n) is 6.23. The van der Waals surface area contributed by atoms with Crippen molar-refractivity contribution in [3.63, 3.8) is 0 Å². The van der Waals surface area contributed by atoms with Crippen molar-refractivity contribution in [2.24, 2.45) is 7.05 Å². The molecule has 0 radical (unpaired) electrons. The summed E-state index contributed by atoms with van der Waals surface area (Å²) in [7, 11) is 1.64. The average Bonchev–Trinajstić information content (AvgIpc) is 3.08. The van der Waals surface area contributed by atoms with E-state index in [-0.39, 0.29) is 23.4 Å². The smallest absolute Gasteiger partial charge is 0.338 e. The third kappa shape index (κ3) is 3.93. The molecule has 0 atom stereocenters. The van der Waals surface area contributed by atoms with E-state index >= 15 is 0 Å². The van der Waals surface area contributed by atoms with Gasteiger partial charge in [0, 0.05) is 25.7 Å². The number of ether oxygens (including phenoxy) is 1. The number of aryl methyl sites for hydroxylation is 2. The second-order valence-corrected chi connectivity index (χ2v) is 6.23. The summed E-state index contributed by atoms with van der Waals surface area (Å²) < 4.78 is 8.05. The van der Waals surface area contributed by atoms with Crippen LogP contribution in [-0.4, -0.2) is 37.6 Å². The molecule has 0 saturated carbocycles. The quantitative estimate of drug-likeness (QED) is 0.649. The Kier molecular flexibility index (Phi) is 5.53. The lowest BCUT2D eigenvalue weighted by molar-refractivity contribution is -0.116. The lowest BCUT2D eigenvalue weighted by atomic mass is 10.2.